The first-order valence-corrected chi connectivity index (χ1v) is 6.64. The fourth-order valence-corrected chi connectivity index (χ4v) is 2.42. The summed E-state index contributed by atoms with van der Waals surface area (Å²) in [4.78, 5) is 1.94. The van der Waals surface area contributed by atoms with Gasteiger partial charge in [-0.05, 0) is 32.0 Å². The molecule has 1 fully saturated rings. The molecule has 1 aromatic rings. The van der Waals surface area contributed by atoms with Gasteiger partial charge in [0.25, 0.3) is 0 Å². The molecule has 7 heteroatoms. The fourth-order valence-electron chi connectivity index (χ4n) is 2.42. The van der Waals surface area contributed by atoms with Gasteiger partial charge in [0.05, 0.1) is 18.3 Å². The SMILES string of the molecule is CC1CN(c2ccc(C(F)(F)F)cc2C(=N)N)C(C)CO1. The van der Waals surface area contributed by atoms with Crippen LogP contribution in [0.15, 0.2) is 18.2 Å². The van der Waals surface area contributed by atoms with Gasteiger partial charge in [0.15, 0.2) is 0 Å². The number of halogens is 3. The van der Waals surface area contributed by atoms with Crippen LogP contribution in [0, 0.1) is 5.41 Å². The lowest BCUT2D eigenvalue weighted by atomic mass is 10.0. The molecular weight excluding hydrogens is 283 g/mol. The number of morpholine rings is 1. The maximum Gasteiger partial charge on any atom is 0.416 e. The van der Waals surface area contributed by atoms with Crippen molar-refractivity contribution in [2.24, 2.45) is 5.73 Å². The Bertz CT molecular complexity index is 545. The van der Waals surface area contributed by atoms with Crippen molar-refractivity contribution >= 4 is 11.5 Å². The van der Waals surface area contributed by atoms with Gasteiger partial charge in [-0.25, -0.2) is 0 Å². The number of amidine groups is 1. The number of nitrogens with zero attached hydrogens (tertiary/aromatic N) is 1. The lowest BCUT2D eigenvalue weighted by Gasteiger charge is -2.39. The number of hydrogen-bond donors (Lipinski definition) is 2. The number of anilines is 1. The van der Waals surface area contributed by atoms with Crippen molar-refractivity contribution < 1.29 is 17.9 Å². The second-order valence-electron chi connectivity index (χ2n) is 5.29. The van der Waals surface area contributed by atoms with Gasteiger partial charge in [-0.3, -0.25) is 5.41 Å². The average Bonchev–Trinajstić information content (AvgIpc) is 2.40. The van der Waals surface area contributed by atoms with E-state index in [9.17, 15) is 13.2 Å². The Labute approximate surface area is 121 Å². The molecule has 0 spiro atoms. The number of nitrogens with two attached hydrogens (primary N) is 1. The number of hydrogen-bond acceptors (Lipinski definition) is 3. The average molecular weight is 301 g/mol. The van der Waals surface area contributed by atoms with Gasteiger partial charge >= 0.3 is 6.18 Å². The molecule has 1 saturated heterocycles. The van der Waals surface area contributed by atoms with Gasteiger partial charge in [-0.1, -0.05) is 0 Å². The van der Waals surface area contributed by atoms with Crippen LogP contribution in [0.2, 0.25) is 0 Å². The Morgan fingerprint density at radius 1 is 1.38 bits per heavy atom. The maximum atomic E-state index is 12.8. The number of alkyl halides is 3. The van der Waals surface area contributed by atoms with Gasteiger partial charge in [0.1, 0.15) is 5.84 Å². The summed E-state index contributed by atoms with van der Waals surface area (Å²) in [7, 11) is 0. The highest BCUT2D eigenvalue weighted by atomic mass is 19.4. The zero-order valence-electron chi connectivity index (χ0n) is 11.9. The number of rotatable bonds is 2. The minimum Gasteiger partial charge on any atom is -0.384 e. The quantitative estimate of drug-likeness (QED) is 0.652. The third kappa shape index (κ3) is 3.29. The summed E-state index contributed by atoms with van der Waals surface area (Å²) in [6.45, 7) is 4.86. The third-order valence-electron chi connectivity index (χ3n) is 3.53. The van der Waals surface area contributed by atoms with E-state index < -0.39 is 11.7 Å². The Morgan fingerprint density at radius 3 is 2.62 bits per heavy atom. The van der Waals surface area contributed by atoms with Gasteiger partial charge in [0.2, 0.25) is 0 Å². The molecule has 0 aromatic heterocycles. The van der Waals surface area contributed by atoms with Crippen LogP contribution in [0.5, 0.6) is 0 Å². The molecule has 0 saturated carbocycles. The Morgan fingerprint density at radius 2 is 2.05 bits per heavy atom. The summed E-state index contributed by atoms with van der Waals surface area (Å²) in [5.74, 6) is -0.373. The molecule has 0 aliphatic carbocycles. The van der Waals surface area contributed by atoms with Gasteiger partial charge < -0.3 is 15.4 Å². The minimum atomic E-state index is -4.45. The molecule has 3 N–H and O–H groups in total. The van der Waals surface area contributed by atoms with Crippen LogP contribution in [-0.4, -0.2) is 31.1 Å². The van der Waals surface area contributed by atoms with E-state index in [4.69, 9.17) is 15.9 Å². The van der Waals surface area contributed by atoms with Crippen molar-refractivity contribution in [3.8, 4) is 0 Å². The van der Waals surface area contributed by atoms with Crippen LogP contribution < -0.4 is 10.6 Å². The first-order valence-electron chi connectivity index (χ1n) is 6.64. The predicted octanol–water partition coefficient (Wildman–Crippen LogP) is 2.60. The molecule has 0 amide bonds. The van der Waals surface area contributed by atoms with Crippen LogP contribution in [0.4, 0.5) is 18.9 Å². The van der Waals surface area contributed by atoms with Crippen LogP contribution in [0.1, 0.15) is 25.0 Å². The first kappa shape index (κ1) is 15.6. The highest BCUT2D eigenvalue weighted by Crippen LogP contribution is 2.34. The molecule has 0 bridgehead atoms. The van der Waals surface area contributed by atoms with Crippen molar-refractivity contribution in [3.05, 3.63) is 29.3 Å². The number of nitrogens with one attached hydrogen (secondary N) is 1. The monoisotopic (exact) mass is 301 g/mol. The van der Waals surface area contributed by atoms with Gasteiger partial charge in [-0.2, -0.15) is 13.2 Å². The van der Waals surface area contributed by atoms with E-state index in [0.717, 1.165) is 12.1 Å². The lowest BCUT2D eigenvalue weighted by molar-refractivity contribution is -0.137. The standard InChI is InChI=1S/C14H18F3N3O/c1-8-7-21-9(2)6-20(8)12-4-3-10(14(15,16)17)5-11(12)13(18)19/h3-5,8-9H,6-7H2,1-2H3,(H3,18,19). The fraction of sp³-hybridized carbons (Fsp3) is 0.500. The normalized spacial score (nSPS) is 23.2. The molecule has 4 nitrogen and oxygen atoms in total. The van der Waals surface area contributed by atoms with Gasteiger partial charge in [-0.15, -0.1) is 0 Å². The van der Waals surface area contributed by atoms with E-state index in [-0.39, 0.29) is 23.5 Å². The topological polar surface area (TPSA) is 62.3 Å². The molecule has 1 aliphatic rings. The zero-order chi connectivity index (χ0) is 15.8. The van der Waals surface area contributed by atoms with E-state index >= 15 is 0 Å². The smallest absolute Gasteiger partial charge is 0.384 e. The molecule has 2 rings (SSSR count). The Hall–Kier alpha value is -1.76. The summed E-state index contributed by atoms with van der Waals surface area (Å²) in [5.41, 5.74) is 5.31. The molecule has 21 heavy (non-hydrogen) atoms. The molecule has 2 atom stereocenters. The van der Waals surface area contributed by atoms with E-state index in [2.05, 4.69) is 0 Å². The predicted molar refractivity (Wildman–Crippen MR) is 74.7 cm³/mol. The van der Waals surface area contributed by atoms with E-state index in [0.29, 0.717) is 18.8 Å². The van der Waals surface area contributed by atoms with Crippen molar-refractivity contribution in [1.29, 1.82) is 5.41 Å². The highest BCUT2D eigenvalue weighted by Gasteiger charge is 2.33. The number of nitrogen functional groups attached to an aromatic ring is 1. The molecule has 0 radical (unpaired) electrons. The second-order valence-corrected chi connectivity index (χ2v) is 5.29. The van der Waals surface area contributed by atoms with E-state index in [1.165, 1.54) is 6.07 Å². The molecule has 1 aromatic carbocycles. The second kappa shape index (κ2) is 5.55. The summed E-state index contributed by atoms with van der Waals surface area (Å²) < 4.78 is 43.9. The van der Waals surface area contributed by atoms with Crippen LogP contribution in [-0.2, 0) is 10.9 Å². The molecule has 116 valence electrons. The van der Waals surface area contributed by atoms with Crippen LogP contribution in [0.3, 0.4) is 0 Å². The zero-order valence-corrected chi connectivity index (χ0v) is 11.9. The molecular formula is C14H18F3N3O. The van der Waals surface area contributed by atoms with Crippen LogP contribution >= 0.6 is 0 Å². The lowest BCUT2D eigenvalue weighted by Crippen LogP contribution is -2.48. The number of benzene rings is 1. The first-order chi connectivity index (χ1) is 9.70. The highest BCUT2D eigenvalue weighted by molar-refractivity contribution is 6.00. The van der Waals surface area contributed by atoms with Crippen molar-refractivity contribution in [2.75, 3.05) is 18.1 Å². The summed E-state index contributed by atoms with van der Waals surface area (Å²) >= 11 is 0. The van der Waals surface area contributed by atoms with Crippen molar-refractivity contribution in [1.82, 2.24) is 0 Å². The summed E-state index contributed by atoms with van der Waals surface area (Å²) in [6.07, 6.45) is -4.48. The van der Waals surface area contributed by atoms with E-state index in [1.807, 2.05) is 18.7 Å². The molecule has 2 unspecified atom stereocenters. The third-order valence-corrected chi connectivity index (χ3v) is 3.53. The molecule has 1 heterocycles. The summed E-state index contributed by atoms with van der Waals surface area (Å²) in [5, 5.41) is 7.56. The largest absolute Gasteiger partial charge is 0.416 e. The van der Waals surface area contributed by atoms with Crippen molar-refractivity contribution in [3.63, 3.8) is 0 Å². The number of ether oxygens (including phenoxy) is 1. The van der Waals surface area contributed by atoms with E-state index in [1.54, 1.807) is 0 Å². The van der Waals surface area contributed by atoms with Gasteiger partial charge in [0, 0.05) is 23.8 Å². The summed E-state index contributed by atoms with van der Waals surface area (Å²) in [6, 6.07) is 3.35. The molecule has 1 aliphatic heterocycles. The Kier molecular flexibility index (Phi) is 4.13. The maximum absolute atomic E-state index is 12.8. The van der Waals surface area contributed by atoms with Crippen molar-refractivity contribution in [2.45, 2.75) is 32.2 Å². The minimum absolute atomic E-state index is 0.0102. The Balaban J connectivity index is 2.45. The van der Waals surface area contributed by atoms with Crippen LogP contribution in [0.25, 0.3) is 0 Å².